The molecule has 0 unspecified atom stereocenters. The van der Waals surface area contributed by atoms with Crippen molar-refractivity contribution in [2.45, 2.75) is 43.9 Å². The van der Waals surface area contributed by atoms with Gasteiger partial charge >= 0.3 is 0 Å². The van der Waals surface area contributed by atoms with Crippen LogP contribution in [0.3, 0.4) is 0 Å². The Morgan fingerprint density at radius 1 is 1.17 bits per heavy atom. The molecule has 4 heteroatoms. The maximum atomic E-state index is 13.1. The lowest BCUT2D eigenvalue weighted by Gasteiger charge is -2.36. The molecule has 4 rings (SSSR count). The van der Waals surface area contributed by atoms with E-state index in [1.54, 1.807) is 6.20 Å². The molecule has 4 nitrogen and oxygen atoms in total. The summed E-state index contributed by atoms with van der Waals surface area (Å²) in [7, 11) is 0. The quantitative estimate of drug-likeness (QED) is 0.926. The van der Waals surface area contributed by atoms with E-state index >= 15 is 0 Å². The average molecular weight is 309 g/mol. The van der Waals surface area contributed by atoms with Gasteiger partial charge in [-0.15, -0.1) is 0 Å². The Hall–Kier alpha value is -2.10. The predicted octanol–water partition coefficient (Wildman–Crippen LogP) is 3.24. The van der Waals surface area contributed by atoms with E-state index in [1.165, 1.54) is 11.1 Å². The van der Waals surface area contributed by atoms with Gasteiger partial charge in [0.05, 0.1) is 5.92 Å². The molecule has 1 aliphatic heterocycles. The first-order valence-electron chi connectivity index (χ1n) is 8.69. The van der Waals surface area contributed by atoms with Gasteiger partial charge in [-0.1, -0.05) is 24.3 Å². The largest absolute Gasteiger partial charge is 0.342 e. The summed E-state index contributed by atoms with van der Waals surface area (Å²) in [4.78, 5) is 15.2. The maximum absolute atomic E-state index is 13.1. The number of amides is 1. The van der Waals surface area contributed by atoms with Crippen molar-refractivity contribution in [2.75, 3.05) is 13.1 Å². The fraction of sp³-hybridized carbons (Fsp3) is 0.474. The Kier molecular flexibility index (Phi) is 3.90. The molecule has 1 amide bonds. The van der Waals surface area contributed by atoms with Crippen molar-refractivity contribution in [2.24, 2.45) is 0 Å². The Bertz CT molecular complexity index is 680. The van der Waals surface area contributed by atoms with Gasteiger partial charge in [-0.05, 0) is 49.3 Å². The number of piperidine rings is 1. The number of aromatic nitrogens is 2. The van der Waals surface area contributed by atoms with E-state index in [-0.39, 0.29) is 5.92 Å². The number of fused-ring (bicyclic) bond motifs is 1. The van der Waals surface area contributed by atoms with Crippen LogP contribution < -0.4 is 0 Å². The first-order valence-corrected chi connectivity index (χ1v) is 8.69. The topological polar surface area (TPSA) is 49.0 Å². The number of nitrogens with one attached hydrogen (secondary N) is 1. The first-order chi connectivity index (χ1) is 11.3. The minimum absolute atomic E-state index is 0.0560. The van der Waals surface area contributed by atoms with E-state index in [0.717, 1.165) is 50.9 Å². The highest BCUT2D eigenvalue weighted by molar-refractivity contribution is 5.84. The van der Waals surface area contributed by atoms with Gasteiger partial charge in [-0.2, -0.15) is 5.10 Å². The van der Waals surface area contributed by atoms with E-state index in [0.29, 0.717) is 11.8 Å². The van der Waals surface area contributed by atoms with Crippen molar-refractivity contribution in [1.82, 2.24) is 15.1 Å². The summed E-state index contributed by atoms with van der Waals surface area (Å²) < 4.78 is 0. The fourth-order valence-electron chi connectivity index (χ4n) is 4.16. The summed E-state index contributed by atoms with van der Waals surface area (Å²) in [6.45, 7) is 1.71. The average Bonchev–Trinajstić information content (AvgIpc) is 3.15. The number of benzene rings is 1. The van der Waals surface area contributed by atoms with Gasteiger partial charge in [0.15, 0.2) is 0 Å². The van der Waals surface area contributed by atoms with Gasteiger partial charge in [0.25, 0.3) is 0 Å². The monoisotopic (exact) mass is 309 g/mol. The van der Waals surface area contributed by atoms with Gasteiger partial charge in [-0.25, -0.2) is 0 Å². The Morgan fingerprint density at radius 3 is 2.96 bits per heavy atom. The second-order valence-electron chi connectivity index (χ2n) is 6.78. The number of hydrogen-bond acceptors (Lipinski definition) is 2. The van der Waals surface area contributed by atoms with Crippen LogP contribution in [0.15, 0.2) is 36.5 Å². The van der Waals surface area contributed by atoms with Crippen LogP contribution in [0.25, 0.3) is 0 Å². The van der Waals surface area contributed by atoms with Crippen LogP contribution in [-0.4, -0.2) is 34.1 Å². The molecule has 1 aliphatic carbocycles. The highest BCUT2D eigenvalue weighted by Crippen LogP contribution is 2.35. The molecule has 2 heterocycles. The zero-order valence-corrected chi connectivity index (χ0v) is 13.4. The van der Waals surface area contributed by atoms with E-state index in [2.05, 4.69) is 39.4 Å². The molecule has 2 atom stereocenters. The molecule has 1 fully saturated rings. The zero-order chi connectivity index (χ0) is 15.6. The lowest BCUT2D eigenvalue weighted by atomic mass is 9.81. The Labute approximate surface area is 136 Å². The van der Waals surface area contributed by atoms with Crippen molar-refractivity contribution in [3.8, 4) is 0 Å². The third-order valence-electron chi connectivity index (χ3n) is 5.36. The molecular weight excluding hydrogens is 286 g/mol. The van der Waals surface area contributed by atoms with Gasteiger partial charge in [-0.3, -0.25) is 9.89 Å². The number of H-pyrrole nitrogens is 1. The molecule has 0 bridgehead atoms. The van der Waals surface area contributed by atoms with Gasteiger partial charge in [0.2, 0.25) is 5.91 Å². The maximum Gasteiger partial charge on any atom is 0.230 e. The molecule has 120 valence electrons. The Balaban J connectivity index is 1.53. The van der Waals surface area contributed by atoms with E-state index < -0.39 is 0 Å². The number of carbonyl (C=O) groups excluding carboxylic acids is 1. The third kappa shape index (κ3) is 2.78. The van der Waals surface area contributed by atoms with Crippen molar-refractivity contribution in [1.29, 1.82) is 0 Å². The molecule has 1 saturated heterocycles. The molecule has 1 aromatic carbocycles. The number of aromatic amines is 1. The molecule has 1 aromatic heterocycles. The number of nitrogens with zero attached hydrogens (tertiary/aromatic N) is 2. The molecule has 0 saturated carbocycles. The highest BCUT2D eigenvalue weighted by atomic mass is 16.2. The van der Waals surface area contributed by atoms with Crippen molar-refractivity contribution < 1.29 is 4.79 Å². The van der Waals surface area contributed by atoms with Crippen LogP contribution in [-0.2, 0) is 11.2 Å². The molecule has 1 N–H and O–H groups in total. The van der Waals surface area contributed by atoms with E-state index in [9.17, 15) is 4.79 Å². The van der Waals surface area contributed by atoms with Crippen LogP contribution in [0.5, 0.6) is 0 Å². The predicted molar refractivity (Wildman–Crippen MR) is 89.3 cm³/mol. The van der Waals surface area contributed by atoms with Crippen LogP contribution in [0, 0.1) is 0 Å². The summed E-state index contributed by atoms with van der Waals surface area (Å²) >= 11 is 0. The Morgan fingerprint density at radius 2 is 2.09 bits per heavy atom. The van der Waals surface area contributed by atoms with Crippen LogP contribution >= 0.6 is 0 Å². The standard InChI is InChI=1S/C19H23N3O/c23-19(17-9-3-6-14-5-1-2-8-16(14)17)22-12-4-7-15(13-22)18-10-11-20-21-18/h1-2,5,8,10-11,15,17H,3-4,6-7,9,12-13H2,(H,20,21)/t15-,17-/m1/s1. The van der Waals surface area contributed by atoms with Crippen LogP contribution in [0.1, 0.15) is 54.3 Å². The summed E-state index contributed by atoms with van der Waals surface area (Å²) in [5, 5.41) is 7.13. The number of carbonyl (C=O) groups is 1. The van der Waals surface area contributed by atoms with E-state index in [4.69, 9.17) is 0 Å². The summed E-state index contributed by atoms with van der Waals surface area (Å²) in [6, 6.07) is 10.5. The lowest BCUT2D eigenvalue weighted by molar-refractivity contribution is -0.134. The SMILES string of the molecule is O=C([C@@H]1CCCc2ccccc21)N1CCC[C@@H](c2ccn[nH]2)C1. The minimum Gasteiger partial charge on any atom is -0.342 e. The third-order valence-corrected chi connectivity index (χ3v) is 5.36. The molecular formula is C19H23N3O. The van der Waals surface area contributed by atoms with Crippen molar-refractivity contribution >= 4 is 5.91 Å². The van der Waals surface area contributed by atoms with Crippen LogP contribution in [0.4, 0.5) is 0 Å². The smallest absolute Gasteiger partial charge is 0.230 e. The van der Waals surface area contributed by atoms with E-state index in [1.807, 2.05) is 6.07 Å². The van der Waals surface area contributed by atoms with Gasteiger partial charge in [0, 0.05) is 30.9 Å². The number of rotatable bonds is 2. The van der Waals surface area contributed by atoms with Crippen molar-refractivity contribution in [3.63, 3.8) is 0 Å². The zero-order valence-electron chi connectivity index (χ0n) is 13.4. The second-order valence-corrected chi connectivity index (χ2v) is 6.78. The number of likely N-dealkylation sites (tertiary alicyclic amines) is 1. The number of aryl methyl sites for hydroxylation is 1. The second kappa shape index (κ2) is 6.19. The first kappa shape index (κ1) is 14.5. The van der Waals surface area contributed by atoms with Crippen LogP contribution in [0.2, 0.25) is 0 Å². The van der Waals surface area contributed by atoms with Gasteiger partial charge < -0.3 is 4.90 Å². The minimum atomic E-state index is 0.0560. The molecule has 2 aliphatic rings. The highest BCUT2D eigenvalue weighted by Gasteiger charge is 2.32. The molecule has 0 radical (unpaired) electrons. The van der Waals surface area contributed by atoms with Crippen molar-refractivity contribution in [3.05, 3.63) is 53.3 Å². The summed E-state index contributed by atoms with van der Waals surface area (Å²) in [5.74, 6) is 0.774. The lowest BCUT2D eigenvalue weighted by Crippen LogP contribution is -2.42. The summed E-state index contributed by atoms with van der Waals surface area (Å²) in [5.41, 5.74) is 3.78. The van der Waals surface area contributed by atoms with Gasteiger partial charge in [0.1, 0.15) is 0 Å². The fourth-order valence-corrected chi connectivity index (χ4v) is 4.16. The molecule has 23 heavy (non-hydrogen) atoms. The normalized spacial score (nSPS) is 24.3. The molecule has 0 spiro atoms. The number of hydrogen-bond donors (Lipinski definition) is 1. The molecule has 2 aromatic rings. The summed E-state index contributed by atoms with van der Waals surface area (Å²) in [6.07, 6.45) is 7.22.